The molecule has 0 aliphatic heterocycles. The second-order valence-corrected chi connectivity index (χ2v) is 27.6. The van der Waals surface area contributed by atoms with Crippen molar-refractivity contribution >= 4 is 0 Å². The zero-order chi connectivity index (χ0) is 69.2. The molecule has 0 radical (unpaired) electrons. The van der Waals surface area contributed by atoms with Crippen LogP contribution in [-0.4, -0.2) is 28.0 Å². The number of ether oxygens (including phenoxy) is 1. The number of allylic oxidation sites excluding steroid dienone is 22. The lowest BCUT2D eigenvalue weighted by atomic mass is 9.47. The first-order valence-electron chi connectivity index (χ1n) is 38.9. The Labute approximate surface area is 588 Å². The molecule has 2 rings (SSSR count). The van der Waals surface area contributed by atoms with Crippen LogP contribution in [0.25, 0.3) is 0 Å². The maximum Gasteiger partial charge on any atom is 0.173 e. The summed E-state index contributed by atoms with van der Waals surface area (Å²) in [6.07, 6.45) is 109. The van der Waals surface area contributed by atoms with Crippen molar-refractivity contribution in [3.05, 3.63) is 235 Å². The minimum absolute atomic E-state index is 0.0264. The Morgan fingerprint density at radius 1 is 0.316 bits per heavy atom. The molecular formula is C92H144O3. The van der Waals surface area contributed by atoms with E-state index in [2.05, 4.69) is 194 Å². The number of aliphatic hydroxyl groups excluding tert-OH is 1. The standard InChI is InChI=1S/C92H144O3/c1-11-20-29-38-47-56-65-74-86-85(75-83-93)87(10,76-66-57-48-39-30-21-12-2)90(80-70-61-52-43-34-25-16-6)89(86,79-69-60-51-42-33-24-15-5)88(77-67-58-49-40-31-22-13-3,78-68-59-50-41-32-23-14-4)92(82-72-63-54-45-36-27-18-8,95-84-73-64-55-46-37-28-19-9)91(90,94)81-71-62-53-44-35-26-17-7/h11-19,65-74,76-82,84,93-94H,1-9,20-64,75,83H2,10H3/t87?,88?,89-,90-,91-,92-/m1/s1. The molecule has 0 amide bonds. The fourth-order valence-electron chi connectivity index (χ4n) is 15.5. The Balaban J connectivity index is 3.98. The van der Waals surface area contributed by atoms with Crippen molar-refractivity contribution in [2.75, 3.05) is 6.61 Å². The van der Waals surface area contributed by atoms with Crippen LogP contribution in [0.5, 0.6) is 0 Å². The van der Waals surface area contributed by atoms with Crippen LogP contribution in [0.2, 0.25) is 0 Å². The third-order valence-corrected chi connectivity index (χ3v) is 20.4. The normalized spacial score (nSPS) is 23.0. The van der Waals surface area contributed by atoms with Crippen LogP contribution in [0.15, 0.2) is 235 Å². The molecule has 0 aromatic rings. The van der Waals surface area contributed by atoms with Crippen molar-refractivity contribution < 1.29 is 14.9 Å². The van der Waals surface area contributed by atoms with E-state index in [1.165, 1.54) is 11.1 Å². The summed E-state index contributed by atoms with van der Waals surface area (Å²) in [7, 11) is 0. The molecule has 0 aromatic carbocycles. The van der Waals surface area contributed by atoms with E-state index in [1.54, 1.807) is 0 Å². The first-order valence-corrected chi connectivity index (χ1v) is 38.9. The van der Waals surface area contributed by atoms with Crippen molar-refractivity contribution in [1.82, 2.24) is 0 Å². The fourth-order valence-corrected chi connectivity index (χ4v) is 15.5. The molecule has 1 unspecified atom stereocenters. The predicted molar refractivity (Wildman–Crippen MR) is 425 cm³/mol. The zero-order valence-electron chi connectivity index (χ0n) is 61.5. The molecule has 1 fully saturated rings. The number of fused-ring (bicyclic) bond motifs is 1. The van der Waals surface area contributed by atoms with Crippen molar-refractivity contribution in [3.8, 4) is 0 Å². The minimum Gasteiger partial charge on any atom is -0.486 e. The first-order chi connectivity index (χ1) is 46.6. The molecular weight excluding hydrogens is 1150 g/mol. The van der Waals surface area contributed by atoms with Gasteiger partial charge in [0.25, 0.3) is 0 Å². The van der Waals surface area contributed by atoms with Gasteiger partial charge < -0.3 is 14.9 Å². The maximum absolute atomic E-state index is 16.6. The van der Waals surface area contributed by atoms with E-state index in [4.69, 9.17) is 4.74 Å². The van der Waals surface area contributed by atoms with Gasteiger partial charge in [0.1, 0.15) is 5.60 Å². The second kappa shape index (κ2) is 54.7. The van der Waals surface area contributed by atoms with Gasteiger partial charge in [0.15, 0.2) is 5.60 Å². The highest BCUT2D eigenvalue weighted by Crippen LogP contribution is 2.87. The van der Waals surface area contributed by atoms with Gasteiger partial charge in [0.05, 0.1) is 17.1 Å². The number of unbranched alkanes of at least 4 members (excludes halogenated alkanes) is 36. The van der Waals surface area contributed by atoms with Crippen LogP contribution in [0.1, 0.15) is 302 Å². The van der Waals surface area contributed by atoms with E-state index in [1.807, 2.05) is 36.6 Å². The third-order valence-electron chi connectivity index (χ3n) is 20.4. The maximum atomic E-state index is 16.6. The van der Waals surface area contributed by atoms with Crippen molar-refractivity contribution in [3.63, 3.8) is 0 Å². The Morgan fingerprint density at radius 2 is 0.600 bits per heavy atom. The molecule has 3 heteroatoms. The number of hydrogen-bond donors (Lipinski definition) is 2. The smallest absolute Gasteiger partial charge is 0.173 e. The van der Waals surface area contributed by atoms with Crippen LogP contribution in [-0.2, 0) is 4.74 Å². The van der Waals surface area contributed by atoms with E-state index >= 15 is 5.11 Å². The topological polar surface area (TPSA) is 49.7 Å². The third kappa shape index (κ3) is 26.9. The van der Waals surface area contributed by atoms with Crippen molar-refractivity contribution in [1.29, 1.82) is 0 Å². The summed E-state index contributed by atoms with van der Waals surface area (Å²) < 4.78 is 8.30. The molecule has 95 heavy (non-hydrogen) atoms. The number of rotatable bonds is 66. The lowest BCUT2D eigenvalue weighted by Crippen LogP contribution is -2.63. The molecule has 2 aliphatic rings. The Morgan fingerprint density at radius 3 is 0.947 bits per heavy atom. The van der Waals surface area contributed by atoms with Crippen LogP contribution < -0.4 is 0 Å². The Hall–Kier alpha value is -5.22. The summed E-state index contributed by atoms with van der Waals surface area (Å²) in [5.74, 6) is 0. The average molecular weight is 1300 g/mol. The average Bonchev–Trinajstić information content (AvgIpc) is 1.44. The van der Waals surface area contributed by atoms with Crippen molar-refractivity contribution in [2.24, 2.45) is 21.7 Å². The summed E-state index contributed by atoms with van der Waals surface area (Å²) in [6, 6.07) is 0. The van der Waals surface area contributed by atoms with Gasteiger partial charge in [-0.25, -0.2) is 0 Å². The largest absolute Gasteiger partial charge is 0.486 e. The van der Waals surface area contributed by atoms with Gasteiger partial charge >= 0.3 is 0 Å². The minimum atomic E-state index is -1.77. The van der Waals surface area contributed by atoms with Gasteiger partial charge in [-0.1, -0.05) is 216 Å². The van der Waals surface area contributed by atoms with Gasteiger partial charge in [-0.2, -0.15) is 0 Å². The molecule has 0 aromatic heterocycles. The van der Waals surface area contributed by atoms with Gasteiger partial charge in [-0.3, -0.25) is 0 Å². The summed E-state index contributed by atoms with van der Waals surface area (Å²) >= 11 is 0. The highest BCUT2D eigenvalue weighted by Gasteiger charge is 2.91. The fraction of sp³-hybridized carbons (Fsp3) is 0.587. The summed E-state index contributed by atoms with van der Waals surface area (Å²) in [6.45, 7) is 39.2. The van der Waals surface area contributed by atoms with Gasteiger partial charge in [-0.05, 0) is 255 Å². The quantitative estimate of drug-likeness (QED) is 0.0362. The van der Waals surface area contributed by atoms with Crippen LogP contribution in [0.4, 0.5) is 0 Å². The molecule has 530 valence electrons. The lowest BCUT2D eigenvalue weighted by molar-refractivity contribution is -0.149. The van der Waals surface area contributed by atoms with E-state index in [-0.39, 0.29) is 6.61 Å². The molecule has 1 saturated carbocycles. The summed E-state index contributed by atoms with van der Waals surface area (Å²) in [4.78, 5) is 0. The molecule has 2 N–H and O–H groups in total. The van der Waals surface area contributed by atoms with Crippen molar-refractivity contribution in [2.45, 2.75) is 313 Å². The van der Waals surface area contributed by atoms with Gasteiger partial charge in [0, 0.05) is 17.4 Å². The highest BCUT2D eigenvalue weighted by molar-refractivity contribution is 5.68. The predicted octanol–water partition coefficient (Wildman–Crippen LogP) is 28.3. The SMILES string of the molecule is C=CCCCCCC=CO[C@]1(C=CCCCCCC=C)C(C=CCCCCCC=C)(C=CCCCCCC=C)[C@@]2(C=CCCCCCC=C)C(C=CCCCCCC=C)=C(CCO)C(C)(C=CCCCCCC=C)[C@@]2(C=CCCCCCC=C)[C@]1(O)C=CCCCCCC=C. The van der Waals surface area contributed by atoms with E-state index in [0.29, 0.717) is 6.42 Å². The number of aliphatic hydroxyl groups is 2. The van der Waals surface area contributed by atoms with Crippen LogP contribution in [0.3, 0.4) is 0 Å². The number of hydrogen-bond acceptors (Lipinski definition) is 3. The van der Waals surface area contributed by atoms with Crippen LogP contribution in [0, 0.1) is 21.7 Å². The van der Waals surface area contributed by atoms with E-state index in [9.17, 15) is 5.11 Å². The van der Waals surface area contributed by atoms with E-state index < -0.39 is 32.9 Å². The monoisotopic (exact) mass is 1300 g/mol. The van der Waals surface area contributed by atoms with Gasteiger partial charge in [-0.15, -0.1) is 59.2 Å². The van der Waals surface area contributed by atoms with Gasteiger partial charge in [0.2, 0.25) is 0 Å². The van der Waals surface area contributed by atoms with Crippen LogP contribution >= 0.6 is 0 Å². The summed E-state index contributed by atoms with van der Waals surface area (Å²) in [5, 5.41) is 28.6. The Bertz CT molecular complexity index is 2390. The molecule has 0 bridgehead atoms. The summed E-state index contributed by atoms with van der Waals surface area (Å²) in [5.41, 5.74) is -5.05. The molecule has 2 aliphatic carbocycles. The molecule has 0 heterocycles. The highest BCUT2D eigenvalue weighted by atomic mass is 16.5. The molecule has 0 spiro atoms. The molecule has 5 atom stereocenters. The Kier molecular flexibility index (Phi) is 49.5. The first kappa shape index (κ1) is 85.9. The zero-order valence-corrected chi connectivity index (χ0v) is 61.5. The second-order valence-electron chi connectivity index (χ2n) is 27.6. The molecule has 0 saturated heterocycles. The van der Waals surface area contributed by atoms with E-state index in [0.717, 1.165) is 289 Å². The lowest BCUT2D eigenvalue weighted by Gasteiger charge is -2.55. The molecule has 3 nitrogen and oxygen atoms in total.